The Morgan fingerprint density at radius 3 is 1.60 bits per heavy atom. The van der Waals surface area contributed by atoms with Crippen LogP contribution in [0.5, 0.6) is 0 Å². The maximum Gasteiger partial charge on any atom is 0.0714 e. The summed E-state index contributed by atoms with van der Waals surface area (Å²) >= 11 is 1.88. The van der Waals surface area contributed by atoms with Crippen LogP contribution in [0, 0.1) is 0 Å². The van der Waals surface area contributed by atoms with Crippen molar-refractivity contribution in [3.05, 3.63) is 229 Å². The third kappa shape index (κ3) is 4.21. The van der Waals surface area contributed by atoms with Crippen LogP contribution in [-0.2, 0) is 5.41 Å². The van der Waals surface area contributed by atoms with Crippen molar-refractivity contribution in [3.8, 4) is 22.5 Å². The molecule has 3 heteroatoms. The van der Waals surface area contributed by atoms with Gasteiger partial charge >= 0.3 is 0 Å². The molecule has 3 aromatic heterocycles. The summed E-state index contributed by atoms with van der Waals surface area (Å²) in [7, 11) is 0. The standard InChI is InChI=1S/C55H34N2S/c1-3-16-35(17-4-1)55(47-26-11-7-22-39(47)40-23-8-12-27-48(40)55)36-18-15-21-38(30-36)57-49-28-13-9-24-41(49)43-31-44-45-32-46-42-25-10-14-29-53(42)58-54(46)34-52(45)56(51(44)33-50(43)57)37-19-5-2-6-20-37/h1-34H. The minimum atomic E-state index is -0.479. The van der Waals surface area contributed by atoms with Gasteiger partial charge < -0.3 is 9.13 Å². The topological polar surface area (TPSA) is 9.86 Å². The highest BCUT2D eigenvalue weighted by Gasteiger charge is 2.46. The molecule has 0 unspecified atom stereocenters. The van der Waals surface area contributed by atoms with Crippen LogP contribution in [0.4, 0.5) is 0 Å². The Morgan fingerprint density at radius 1 is 0.310 bits per heavy atom. The van der Waals surface area contributed by atoms with Crippen molar-refractivity contribution >= 4 is 75.1 Å². The number of thiophene rings is 1. The zero-order chi connectivity index (χ0) is 38.0. The third-order valence-electron chi connectivity index (χ3n) is 12.8. The summed E-state index contributed by atoms with van der Waals surface area (Å²) in [5.41, 5.74) is 14.4. The second kappa shape index (κ2) is 11.9. The summed E-state index contributed by atoms with van der Waals surface area (Å²) in [6, 6.07) is 76.8. The summed E-state index contributed by atoms with van der Waals surface area (Å²) < 4.78 is 7.61. The fraction of sp³-hybridized carbons (Fsp3) is 0.0182. The number of fused-ring (bicyclic) bond motifs is 12. The van der Waals surface area contributed by atoms with Gasteiger partial charge in [-0.05, 0) is 94.0 Å². The average Bonchev–Trinajstić information content (AvgIpc) is 4.00. The molecule has 0 amide bonds. The summed E-state index contributed by atoms with van der Waals surface area (Å²) in [6.45, 7) is 0. The maximum atomic E-state index is 2.50. The van der Waals surface area contributed by atoms with Crippen LogP contribution in [0.15, 0.2) is 206 Å². The van der Waals surface area contributed by atoms with Gasteiger partial charge in [0.05, 0.1) is 27.5 Å². The van der Waals surface area contributed by atoms with E-state index in [9.17, 15) is 0 Å². The van der Waals surface area contributed by atoms with Crippen molar-refractivity contribution < 1.29 is 0 Å². The largest absolute Gasteiger partial charge is 0.309 e. The van der Waals surface area contributed by atoms with Gasteiger partial charge in [0.15, 0.2) is 0 Å². The second-order valence-electron chi connectivity index (χ2n) is 15.6. The highest BCUT2D eigenvalue weighted by Crippen LogP contribution is 2.56. The molecule has 2 nitrogen and oxygen atoms in total. The number of rotatable bonds is 4. The van der Waals surface area contributed by atoms with Gasteiger partial charge in [-0.25, -0.2) is 0 Å². The lowest BCUT2D eigenvalue weighted by Gasteiger charge is -2.34. The normalized spacial score (nSPS) is 13.3. The molecule has 0 saturated carbocycles. The summed E-state index contributed by atoms with van der Waals surface area (Å²) in [5, 5.41) is 7.69. The zero-order valence-corrected chi connectivity index (χ0v) is 32.2. The van der Waals surface area contributed by atoms with Crippen molar-refractivity contribution in [2.24, 2.45) is 0 Å². The molecular weight excluding hydrogens is 721 g/mol. The molecule has 0 radical (unpaired) electrons. The molecular formula is C55H34N2S. The van der Waals surface area contributed by atoms with Crippen molar-refractivity contribution in [1.82, 2.24) is 9.13 Å². The van der Waals surface area contributed by atoms with Gasteiger partial charge in [0.2, 0.25) is 0 Å². The molecule has 1 aliphatic rings. The Hall–Kier alpha value is -7.20. The minimum absolute atomic E-state index is 0.479. The molecule has 0 bridgehead atoms. The van der Waals surface area contributed by atoms with Crippen LogP contribution >= 0.6 is 11.3 Å². The Kier molecular flexibility index (Phi) is 6.56. The number of benzene rings is 9. The summed E-state index contributed by atoms with van der Waals surface area (Å²) in [5.74, 6) is 0. The molecule has 12 aromatic rings. The molecule has 13 rings (SSSR count). The van der Waals surface area contributed by atoms with E-state index >= 15 is 0 Å². The van der Waals surface area contributed by atoms with Crippen LogP contribution in [0.25, 0.3) is 86.3 Å². The Balaban J connectivity index is 1.13. The smallest absolute Gasteiger partial charge is 0.0714 e. The number of hydrogen-bond donors (Lipinski definition) is 0. The van der Waals surface area contributed by atoms with E-state index in [1.54, 1.807) is 0 Å². The molecule has 0 saturated heterocycles. The van der Waals surface area contributed by atoms with Crippen molar-refractivity contribution in [2.75, 3.05) is 0 Å². The highest BCUT2D eigenvalue weighted by molar-refractivity contribution is 7.25. The quantitative estimate of drug-likeness (QED) is 0.169. The van der Waals surface area contributed by atoms with Gasteiger partial charge in [-0.15, -0.1) is 11.3 Å². The van der Waals surface area contributed by atoms with Crippen LogP contribution < -0.4 is 0 Å². The van der Waals surface area contributed by atoms with Gasteiger partial charge in [-0.3, -0.25) is 0 Å². The van der Waals surface area contributed by atoms with Crippen LogP contribution in [0.1, 0.15) is 22.3 Å². The van der Waals surface area contributed by atoms with E-state index in [1.807, 2.05) is 11.3 Å². The Morgan fingerprint density at radius 2 is 0.845 bits per heavy atom. The van der Waals surface area contributed by atoms with Crippen molar-refractivity contribution in [3.63, 3.8) is 0 Å². The SMILES string of the molecule is c1ccc(-n2c3cc4sc5ccccc5c4cc3c3cc4c5ccccc5n(-c5cccc(C6(c7ccccc7)c7ccccc7-c7ccccc76)c5)c4cc32)cc1. The molecule has 0 aliphatic heterocycles. The Bertz CT molecular complexity index is 3580. The number of hydrogen-bond acceptors (Lipinski definition) is 1. The van der Waals surface area contributed by atoms with Crippen molar-refractivity contribution in [2.45, 2.75) is 5.41 Å². The molecule has 58 heavy (non-hydrogen) atoms. The average molecular weight is 755 g/mol. The molecule has 9 aromatic carbocycles. The lowest BCUT2D eigenvalue weighted by Crippen LogP contribution is -2.28. The van der Waals surface area contributed by atoms with Crippen LogP contribution in [0.3, 0.4) is 0 Å². The molecule has 0 spiro atoms. The Labute approximate surface area is 339 Å². The monoisotopic (exact) mass is 754 g/mol. The van der Waals surface area contributed by atoms with E-state index in [4.69, 9.17) is 0 Å². The number of nitrogens with zero attached hydrogens (tertiary/aromatic N) is 2. The van der Waals surface area contributed by atoms with E-state index in [0.29, 0.717) is 0 Å². The summed E-state index contributed by atoms with van der Waals surface area (Å²) in [6.07, 6.45) is 0. The predicted octanol–water partition coefficient (Wildman–Crippen LogP) is 14.6. The first-order valence-electron chi connectivity index (χ1n) is 20.0. The van der Waals surface area contributed by atoms with Crippen LogP contribution in [-0.4, -0.2) is 9.13 Å². The third-order valence-corrected chi connectivity index (χ3v) is 13.9. The first-order chi connectivity index (χ1) is 28.8. The van der Waals surface area contributed by atoms with E-state index < -0.39 is 5.41 Å². The lowest BCUT2D eigenvalue weighted by molar-refractivity contribution is 0.767. The molecule has 0 atom stereocenters. The number of para-hydroxylation sites is 2. The minimum Gasteiger partial charge on any atom is -0.309 e. The molecule has 1 aliphatic carbocycles. The molecule has 0 fully saturated rings. The highest BCUT2D eigenvalue weighted by atomic mass is 32.1. The fourth-order valence-electron chi connectivity index (χ4n) is 10.4. The van der Waals surface area contributed by atoms with Gasteiger partial charge in [0.1, 0.15) is 0 Å². The second-order valence-corrected chi connectivity index (χ2v) is 16.7. The first-order valence-corrected chi connectivity index (χ1v) is 20.8. The zero-order valence-electron chi connectivity index (χ0n) is 31.4. The molecule has 3 heterocycles. The van der Waals surface area contributed by atoms with E-state index in [2.05, 4.69) is 215 Å². The number of aromatic nitrogens is 2. The molecule has 270 valence electrons. The fourth-order valence-corrected chi connectivity index (χ4v) is 11.5. The van der Waals surface area contributed by atoms with Gasteiger partial charge in [0, 0.05) is 53.1 Å². The van der Waals surface area contributed by atoms with E-state index in [-0.39, 0.29) is 0 Å². The first kappa shape index (κ1) is 31.9. The molecule has 0 N–H and O–H groups in total. The summed E-state index contributed by atoms with van der Waals surface area (Å²) in [4.78, 5) is 0. The predicted molar refractivity (Wildman–Crippen MR) is 245 cm³/mol. The van der Waals surface area contributed by atoms with Crippen LogP contribution in [0.2, 0.25) is 0 Å². The maximum absolute atomic E-state index is 2.50. The van der Waals surface area contributed by atoms with E-state index in [0.717, 1.165) is 11.4 Å². The lowest BCUT2D eigenvalue weighted by atomic mass is 9.67. The van der Waals surface area contributed by atoms with Crippen molar-refractivity contribution in [1.29, 1.82) is 0 Å². The van der Waals surface area contributed by atoms with Gasteiger partial charge in [-0.2, -0.15) is 0 Å². The van der Waals surface area contributed by atoms with E-state index in [1.165, 1.54) is 97.2 Å². The van der Waals surface area contributed by atoms with Gasteiger partial charge in [0.25, 0.3) is 0 Å². The van der Waals surface area contributed by atoms with Gasteiger partial charge in [-0.1, -0.05) is 146 Å².